The summed E-state index contributed by atoms with van der Waals surface area (Å²) in [6.07, 6.45) is 0.837. The molecule has 0 saturated heterocycles. The van der Waals surface area contributed by atoms with E-state index in [1.807, 2.05) is 55.5 Å². The second-order valence-corrected chi connectivity index (χ2v) is 6.83. The van der Waals surface area contributed by atoms with Crippen molar-refractivity contribution < 1.29 is 9.84 Å². The Hall–Kier alpha value is -1.98. The van der Waals surface area contributed by atoms with Gasteiger partial charge in [-0.15, -0.1) is 0 Å². The van der Waals surface area contributed by atoms with Gasteiger partial charge in [0.25, 0.3) is 0 Å². The van der Waals surface area contributed by atoms with E-state index in [2.05, 4.69) is 24.0 Å². The average Bonchev–Trinajstić information content (AvgIpc) is 2.58. The Kier molecular flexibility index (Phi) is 6.80. The maximum atomic E-state index is 10.4. The van der Waals surface area contributed by atoms with Crippen LogP contribution >= 0.6 is 0 Å². The standard InChI is InChI=1S/C19H18O2Se/c1-2-21-15-19(22-17-11-7-4-8-12-17)18(20)14-13-16-9-5-3-6-10-16/h3-12,15,18,20H,2H2,1H3/b19-15+. The fraction of sp³-hybridized carbons (Fsp3) is 0.158. The normalized spacial score (nSPS) is 12.2. The molecule has 0 aliphatic heterocycles. The molecule has 1 N–H and O–H groups in total. The molecule has 2 aromatic rings. The summed E-state index contributed by atoms with van der Waals surface area (Å²) in [5, 5.41) is 10.4. The van der Waals surface area contributed by atoms with Gasteiger partial charge in [-0.3, -0.25) is 0 Å². The number of hydrogen-bond donors (Lipinski definition) is 1. The number of hydrogen-bond acceptors (Lipinski definition) is 2. The van der Waals surface area contributed by atoms with Crippen molar-refractivity contribution in [3.63, 3.8) is 0 Å². The molecule has 0 saturated carbocycles. The van der Waals surface area contributed by atoms with Crippen LogP contribution < -0.4 is 4.46 Å². The van der Waals surface area contributed by atoms with E-state index < -0.39 is 6.10 Å². The second-order valence-electron chi connectivity index (χ2n) is 4.43. The third-order valence-corrected chi connectivity index (χ3v) is 4.97. The molecule has 1 unspecified atom stereocenters. The SMILES string of the molecule is CCO/C=C(/[Se]c1ccccc1)C(O)C#Cc1ccccc1. The van der Waals surface area contributed by atoms with Crippen molar-refractivity contribution >= 4 is 19.4 Å². The van der Waals surface area contributed by atoms with Gasteiger partial charge in [-0.05, 0) is 0 Å². The summed E-state index contributed by atoms with van der Waals surface area (Å²) in [4.78, 5) is 0. The molecule has 0 fully saturated rings. The molecule has 0 aliphatic rings. The Balaban J connectivity index is 2.13. The molecule has 2 rings (SSSR count). The van der Waals surface area contributed by atoms with Gasteiger partial charge in [0.1, 0.15) is 0 Å². The Morgan fingerprint density at radius 2 is 1.77 bits per heavy atom. The van der Waals surface area contributed by atoms with E-state index in [1.54, 1.807) is 6.26 Å². The van der Waals surface area contributed by atoms with Gasteiger partial charge in [-0.25, -0.2) is 0 Å². The summed E-state index contributed by atoms with van der Waals surface area (Å²) in [5.74, 6) is 5.90. The fourth-order valence-corrected chi connectivity index (χ4v) is 3.47. The quantitative estimate of drug-likeness (QED) is 0.506. The van der Waals surface area contributed by atoms with Crippen LogP contribution in [0.4, 0.5) is 0 Å². The van der Waals surface area contributed by atoms with Crippen LogP contribution in [0, 0.1) is 11.8 Å². The van der Waals surface area contributed by atoms with E-state index in [0.29, 0.717) is 6.61 Å². The minimum atomic E-state index is -0.813. The molecule has 0 aromatic heterocycles. The molecule has 112 valence electrons. The zero-order valence-electron chi connectivity index (χ0n) is 12.4. The molecule has 22 heavy (non-hydrogen) atoms. The summed E-state index contributed by atoms with van der Waals surface area (Å²) in [6.45, 7) is 2.50. The molecule has 1 atom stereocenters. The Bertz CT molecular complexity index is 654. The van der Waals surface area contributed by atoms with Crippen LogP contribution in [0.25, 0.3) is 0 Å². The zero-order chi connectivity index (χ0) is 15.6. The first kappa shape index (κ1) is 16.4. The van der Waals surface area contributed by atoms with Crippen molar-refractivity contribution in [2.24, 2.45) is 0 Å². The van der Waals surface area contributed by atoms with Crippen molar-refractivity contribution in [1.82, 2.24) is 0 Å². The number of ether oxygens (including phenoxy) is 1. The fourth-order valence-electron chi connectivity index (χ4n) is 1.68. The van der Waals surface area contributed by atoms with Gasteiger partial charge >= 0.3 is 138 Å². The topological polar surface area (TPSA) is 29.5 Å². The Morgan fingerprint density at radius 1 is 1.14 bits per heavy atom. The van der Waals surface area contributed by atoms with Crippen molar-refractivity contribution in [2.45, 2.75) is 13.0 Å². The Labute approximate surface area is 138 Å². The van der Waals surface area contributed by atoms with Gasteiger partial charge < -0.3 is 0 Å². The van der Waals surface area contributed by atoms with E-state index in [9.17, 15) is 5.11 Å². The van der Waals surface area contributed by atoms with Gasteiger partial charge in [0.05, 0.1) is 0 Å². The van der Waals surface area contributed by atoms with Crippen molar-refractivity contribution in [1.29, 1.82) is 0 Å². The summed E-state index contributed by atoms with van der Waals surface area (Å²) in [6, 6.07) is 19.7. The van der Waals surface area contributed by atoms with Gasteiger partial charge in [-0.1, -0.05) is 0 Å². The molecule has 0 aliphatic carbocycles. The van der Waals surface area contributed by atoms with E-state index in [4.69, 9.17) is 4.74 Å². The molecule has 0 radical (unpaired) electrons. The van der Waals surface area contributed by atoms with E-state index >= 15 is 0 Å². The van der Waals surface area contributed by atoms with Crippen LogP contribution in [0.5, 0.6) is 0 Å². The first-order valence-corrected chi connectivity index (χ1v) is 8.80. The van der Waals surface area contributed by atoms with Gasteiger partial charge in [0.2, 0.25) is 0 Å². The predicted molar refractivity (Wildman–Crippen MR) is 90.9 cm³/mol. The van der Waals surface area contributed by atoms with Crippen LogP contribution in [0.2, 0.25) is 0 Å². The summed E-state index contributed by atoms with van der Waals surface area (Å²) >= 11 is -0.0127. The first-order valence-electron chi connectivity index (χ1n) is 7.09. The molecule has 0 amide bonds. The van der Waals surface area contributed by atoms with Gasteiger partial charge in [0, 0.05) is 0 Å². The maximum absolute atomic E-state index is 10.4. The third kappa shape index (κ3) is 5.42. The van der Waals surface area contributed by atoms with E-state index in [0.717, 1.165) is 10.0 Å². The molecule has 0 heterocycles. The summed E-state index contributed by atoms with van der Waals surface area (Å²) in [7, 11) is 0. The number of rotatable bonds is 5. The van der Waals surface area contributed by atoms with Crippen molar-refractivity contribution in [2.75, 3.05) is 6.61 Å². The Morgan fingerprint density at radius 3 is 2.41 bits per heavy atom. The van der Waals surface area contributed by atoms with Crippen LogP contribution in [-0.4, -0.2) is 32.8 Å². The van der Waals surface area contributed by atoms with Crippen LogP contribution in [-0.2, 0) is 4.74 Å². The van der Waals surface area contributed by atoms with Gasteiger partial charge in [0.15, 0.2) is 0 Å². The van der Waals surface area contributed by atoms with E-state index in [1.165, 1.54) is 4.46 Å². The minimum absolute atomic E-state index is 0.0127. The van der Waals surface area contributed by atoms with Crippen LogP contribution in [0.1, 0.15) is 12.5 Å². The van der Waals surface area contributed by atoms with Crippen LogP contribution in [0.3, 0.4) is 0 Å². The first-order chi connectivity index (χ1) is 10.8. The number of benzene rings is 2. The number of aliphatic hydroxyl groups excluding tert-OH is 1. The summed E-state index contributed by atoms with van der Waals surface area (Å²) in [5.41, 5.74) is 0.893. The molecule has 2 aromatic carbocycles. The molecular formula is C19H18O2Se. The average molecular weight is 357 g/mol. The molecule has 2 nitrogen and oxygen atoms in total. The molecule has 0 spiro atoms. The van der Waals surface area contributed by atoms with E-state index in [-0.39, 0.29) is 15.0 Å². The zero-order valence-corrected chi connectivity index (χ0v) is 14.1. The molecule has 3 heteroatoms. The van der Waals surface area contributed by atoms with Gasteiger partial charge in [-0.2, -0.15) is 0 Å². The molecule has 0 bridgehead atoms. The second kappa shape index (κ2) is 9.12. The third-order valence-electron chi connectivity index (χ3n) is 2.74. The molecular weight excluding hydrogens is 339 g/mol. The summed E-state index contributed by atoms with van der Waals surface area (Å²) < 4.78 is 7.37. The monoisotopic (exact) mass is 358 g/mol. The number of aliphatic hydroxyl groups is 1. The predicted octanol–water partition coefficient (Wildman–Crippen LogP) is 2.31. The van der Waals surface area contributed by atoms with Crippen LogP contribution in [0.15, 0.2) is 71.4 Å². The van der Waals surface area contributed by atoms with Crippen molar-refractivity contribution in [3.8, 4) is 11.8 Å². The van der Waals surface area contributed by atoms with Crippen molar-refractivity contribution in [3.05, 3.63) is 77.0 Å².